The van der Waals surface area contributed by atoms with Crippen LogP contribution in [0.1, 0.15) is 27.2 Å². The lowest BCUT2D eigenvalue weighted by Gasteiger charge is -2.14. The highest BCUT2D eigenvalue weighted by Crippen LogP contribution is 2.01. The second-order valence-electron chi connectivity index (χ2n) is 4.23. The van der Waals surface area contributed by atoms with Gasteiger partial charge in [-0.25, -0.2) is 13.1 Å². The fourth-order valence-corrected chi connectivity index (χ4v) is 3.03. The zero-order valence-electron chi connectivity index (χ0n) is 10.6. The van der Waals surface area contributed by atoms with Gasteiger partial charge >= 0.3 is 0 Å². The molecule has 0 saturated carbocycles. The summed E-state index contributed by atoms with van der Waals surface area (Å²) in [5, 5.41) is 3.09. The standard InChI is InChI=1S/C10H24N2O2S2/c1-9(2)11-6-8-16(13,14)12-10(3)5-7-15-4/h9-12H,5-8H2,1-4H3. The Morgan fingerprint density at radius 2 is 1.88 bits per heavy atom. The molecule has 0 aromatic rings. The molecule has 0 aliphatic heterocycles. The summed E-state index contributed by atoms with van der Waals surface area (Å²) in [7, 11) is -3.13. The quantitative estimate of drug-likeness (QED) is 0.656. The van der Waals surface area contributed by atoms with Crippen molar-refractivity contribution in [3.8, 4) is 0 Å². The normalized spacial score (nSPS) is 14.3. The number of thioether (sulfide) groups is 1. The maximum absolute atomic E-state index is 11.6. The van der Waals surface area contributed by atoms with Crippen molar-refractivity contribution in [2.75, 3.05) is 24.3 Å². The molecule has 0 aliphatic rings. The lowest BCUT2D eigenvalue weighted by atomic mass is 10.3. The molecule has 98 valence electrons. The second kappa shape index (κ2) is 8.33. The van der Waals surface area contributed by atoms with Crippen molar-refractivity contribution in [3.63, 3.8) is 0 Å². The van der Waals surface area contributed by atoms with Gasteiger partial charge in [0.15, 0.2) is 0 Å². The van der Waals surface area contributed by atoms with Crippen molar-refractivity contribution < 1.29 is 8.42 Å². The molecule has 0 heterocycles. The molecule has 16 heavy (non-hydrogen) atoms. The largest absolute Gasteiger partial charge is 0.313 e. The Hall–Kier alpha value is 0.220. The van der Waals surface area contributed by atoms with Crippen LogP contribution in [0.15, 0.2) is 0 Å². The van der Waals surface area contributed by atoms with E-state index in [0.717, 1.165) is 12.2 Å². The summed E-state index contributed by atoms with van der Waals surface area (Å²) in [6.45, 7) is 6.41. The molecule has 0 aromatic carbocycles. The highest BCUT2D eigenvalue weighted by atomic mass is 32.2. The SMILES string of the molecule is CSCCC(C)NS(=O)(=O)CCNC(C)C. The number of sulfonamides is 1. The van der Waals surface area contributed by atoms with Gasteiger partial charge in [-0.3, -0.25) is 0 Å². The average molecular weight is 268 g/mol. The van der Waals surface area contributed by atoms with Gasteiger partial charge in [0.05, 0.1) is 5.75 Å². The van der Waals surface area contributed by atoms with E-state index in [9.17, 15) is 8.42 Å². The number of hydrogen-bond donors (Lipinski definition) is 2. The lowest BCUT2D eigenvalue weighted by molar-refractivity contribution is 0.547. The topological polar surface area (TPSA) is 58.2 Å². The van der Waals surface area contributed by atoms with Crippen molar-refractivity contribution in [1.29, 1.82) is 0 Å². The van der Waals surface area contributed by atoms with E-state index in [0.29, 0.717) is 12.6 Å². The fraction of sp³-hybridized carbons (Fsp3) is 1.00. The molecule has 4 nitrogen and oxygen atoms in total. The molecule has 0 saturated heterocycles. The van der Waals surface area contributed by atoms with Crippen molar-refractivity contribution >= 4 is 21.8 Å². The molecule has 0 aromatic heterocycles. The van der Waals surface area contributed by atoms with Gasteiger partial charge in [0.25, 0.3) is 0 Å². The molecule has 0 bridgehead atoms. The van der Waals surface area contributed by atoms with E-state index in [4.69, 9.17) is 0 Å². The second-order valence-corrected chi connectivity index (χ2v) is 7.09. The van der Waals surface area contributed by atoms with E-state index < -0.39 is 10.0 Å². The molecule has 0 rings (SSSR count). The van der Waals surface area contributed by atoms with Gasteiger partial charge in [0.1, 0.15) is 0 Å². The molecule has 0 spiro atoms. The van der Waals surface area contributed by atoms with Gasteiger partial charge in [0, 0.05) is 18.6 Å². The summed E-state index contributed by atoms with van der Waals surface area (Å²) in [6.07, 6.45) is 2.89. The number of nitrogens with one attached hydrogen (secondary N) is 2. The molecule has 6 heteroatoms. The van der Waals surface area contributed by atoms with Crippen LogP contribution < -0.4 is 10.0 Å². The molecule has 1 unspecified atom stereocenters. The molecular formula is C10H24N2O2S2. The van der Waals surface area contributed by atoms with E-state index >= 15 is 0 Å². The van der Waals surface area contributed by atoms with Crippen LogP contribution in [0.3, 0.4) is 0 Å². The minimum Gasteiger partial charge on any atom is -0.313 e. The van der Waals surface area contributed by atoms with Crippen LogP contribution in [0.5, 0.6) is 0 Å². The first-order chi connectivity index (χ1) is 7.37. The van der Waals surface area contributed by atoms with Crippen molar-refractivity contribution in [1.82, 2.24) is 10.0 Å². The van der Waals surface area contributed by atoms with Crippen LogP contribution in [-0.2, 0) is 10.0 Å². The van der Waals surface area contributed by atoms with Crippen molar-refractivity contribution in [2.45, 2.75) is 39.3 Å². The Labute approximate surface area is 104 Å². The maximum atomic E-state index is 11.6. The Morgan fingerprint density at radius 1 is 1.25 bits per heavy atom. The van der Waals surface area contributed by atoms with Gasteiger partial charge in [0.2, 0.25) is 10.0 Å². The summed E-state index contributed by atoms with van der Waals surface area (Å²) in [4.78, 5) is 0. The Kier molecular flexibility index (Phi) is 8.45. The van der Waals surface area contributed by atoms with E-state index in [1.54, 1.807) is 11.8 Å². The molecule has 0 amide bonds. The minimum absolute atomic E-state index is 0.0245. The van der Waals surface area contributed by atoms with Gasteiger partial charge < -0.3 is 5.32 Å². The van der Waals surface area contributed by atoms with E-state index in [1.807, 2.05) is 27.0 Å². The van der Waals surface area contributed by atoms with Crippen LogP contribution in [-0.4, -0.2) is 44.8 Å². The summed E-state index contributed by atoms with van der Waals surface area (Å²) in [6, 6.07) is 0.348. The predicted octanol–water partition coefficient (Wildman–Crippen LogP) is 1.05. The van der Waals surface area contributed by atoms with Crippen molar-refractivity contribution in [2.24, 2.45) is 0 Å². The highest BCUT2D eigenvalue weighted by Gasteiger charge is 2.13. The summed E-state index contributed by atoms with van der Waals surface area (Å²) >= 11 is 1.73. The van der Waals surface area contributed by atoms with Crippen LogP contribution in [0.2, 0.25) is 0 Å². The molecule has 2 N–H and O–H groups in total. The maximum Gasteiger partial charge on any atom is 0.213 e. The van der Waals surface area contributed by atoms with E-state index in [1.165, 1.54) is 0 Å². The van der Waals surface area contributed by atoms with Crippen LogP contribution in [0.25, 0.3) is 0 Å². The molecular weight excluding hydrogens is 244 g/mol. The van der Waals surface area contributed by atoms with Crippen molar-refractivity contribution in [3.05, 3.63) is 0 Å². The molecule has 0 aliphatic carbocycles. The highest BCUT2D eigenvalue weighted by molar-refractivity contribution is 7.98. The Bertz CT molecular complexity index is 266. The van der Waals surface area contributed by atoms with Crippen LogP contribution in [0.4, 0.5) is 0 Å². The third kappa shape index (κ3) is 9.45. The van der Waals surface area contributed by atoms with E-state index in [2.05, 4.69) is 10.0 Å². The van der Waals surface area contributed by atoms with Crippen LogP contribution in [0, 0.1) is 0 Å². The molecule has 0 fully saturated rings. The van der Waals surface area contributed by atoms with E-state index in [-0.39, 0.29) is 11.8 Å². The number of hydrogen-bond acceptors (Lipinski definition) is 4. The summed E-state index contributed by atoms with van der Waals surface area (Å²) in [5.41, 5.74) is 0. The van der Waals surface area contributed by atoms with Gasteiger partial charge in [-0.2, -0.15) is 11.8 Å². The lowest BCUT2D eigenvalue weighted by Crippen LogP contribution is -2.38. The molecule has 0 radical (unpaired) electrons. The Morgan fingerprint density at radius 3 is 2.38 bits per heavy atom. The third-order valence-electron chi connectivity index (χ3n) is 2.06. The first-order valence-corrected chi connectivity index (χ1v) is 8.64. The monoisotopic (exact) mass is 268 g/mol. The smallest absolute Gasteiger partial charge is 0.213 e. The summed E-state index contributed by atoms with van der Waals surface area (Å²) in [5.74, 6) is 1.13. The van der Waals surface area contributed by atoms with Gasteiger partial charge in [-0.1, -0.05) is 13.8 Å². The minimum atomic E-state index is -3.13. The van der Waals surface area contributed by atoms with Gasteiger partial charge in [-0.15, -0.1) is 0 Å². The summed E-state index contributed by atoms with van der Waals surface area (Å²) < 4.78 is 25.9. The zero-order valence-corrected chi connectivity index (χ0v) is 12.2. The number of rotatable bonds is 9. The average Bonchev–Trinajstić information content (AvgIpc) is 2.12. The Balaban J connectivity index is 3.85. The fourth-order valence-electron chi connectivity index (χ4n) is 1.20. The van der Waals surface area contributed by atoms with Crippen LogP contribution >= 0.6 is 11.8 Å². The predicted molar refractivity (Wildman–Crippen MR) is 72.5 cm³/mol. The third-order valence-corrected chi connectivity index (χ3v) is 4.21. The molecule has 1 atom stereocenters. The first-order valence-electron chi connectivity index (χ1n) is 5.59. The first kappa shape index (κ1) is 16.2. The zero-order chi connectivity index (χ0) is 12.6. The van der Waals surface area contributed by atoms with Gasteiger partial charge in [-0.05, 0) is 25.4 Å².